The van der Waals surface area contributed by atoms with Crippen LogP contribution in [0.4, 0.5) is 80.0 Å². The van der Waals surface area contributed by atoms with Gasteiger partial charge in [0.1, 0.15) is 13.2 Å². The van der Waals surface area contributed by atoms with Gasteiger partial charge in [-0.25, -0.2) is 28.8 Å². The van der Waals surface area contributed by atoms with E-state index in [9.17, 15) is 28.8 Å². The third-order valence-corrected chi connectivity index (χ3v) is 10.2. The van der Waals surface area contributed by atoms with Crippen molar-refractivity contribution in [2.24, 2.45) is 0 Å². The van der Waals surface area contributed by atoms with Crippen LogP contribution in [0.2, 0.25) is 0 Å². The van der Waals surface area contributed by atoms with Crippen molar-refractivity contribution in [3.63, 3.8) is 0 Å². The Hall–Kier alpha value is -9.06. The molecule has 0 aromatic heterocycles. The zero-order valence-corrected chi connectivity index (χ0v) is 37.7. The Kier molecular flexibility index (Phi) is 16.5. The number of rotatable bonds is 15. The first kappa shape index (κ1) is 48.4. The lowest BCUT2D eigenvalue weighted by Gasteiger charge is -2.31. The molecule has 68 heavy (non-hydrogen) atoms. The van der Waals surface area contributed by atoms with Crippen molar-refractivity contribution in [1.29, 1.82) is 0 Å². The minimum Gasteiger partial charge on any atom is -0.445 e. The summed E-state index contributed by atoms with van der Waals surface area (Å²) >= 11 is 0. The van der Waals surface area contributed by atoms with Gasteiger partial charge in [-0.05, 0) is 117 Å². The van der Waals surface area contributed by atoms with E-state index in [2.05, 4.69) is 47.9 Å². The highest BCUT2D eigenvalue weighted by atomic mass is 16.6. The number of carbonyl (C=O) groups is 6. The Bertz CT molecular complexity index is 2620. The third kappa shape index (κ3) is 14.7. The summed E-state index contributed by atoms with van der Waals surface area (Å²) in [6.45, 7) is 5.71. The number of amides is 9. The number of carbonyl (C=O) groups excluding carboxylic acids is 6. The SMILES string of the molecule is CCC(COC(=O)Nc1cc(NC(=O)Nc2ccccc2)ccc1C)(COC(=O)Nc1cc(NC(=O)Nc2ccccc2)ccc1C)OC(=O)Nc1cc(NC(=O)Nc2ccccc2)ccc1C. The Morgan fingerprint density at radius 1 is 0.382 bits per heavy atom. The number of aryl methyl sites for hydroxylation is 3. The van der Waals surface area contributed by atoms with Crippen molar-refractivity contribution in [3.05, 3.63) is 162 Å². The van der Waals surface area contributed by atoms with Gasteiger partial charge in [0, 0.05) is 51.2 Å². The smallest absolute Gasteiger partial charge is 0.412 e. The Morgan fingerprint density at radius 3 is 0.985 bits per heavy atom. The second-order valence-corrected chi connectivity index (χ2v) is 15.4. The first-order valence-corrected chi connectivity index (χ1v) is 21.3. The summed E-state index contributed by atoms with van der Waals surface area (Å²) in [5.74, 6) is 0. The van der Waals surface area contributed by atoms with Gasteiger partial charge in [-0.2, -0.15) is 0 Å². The van der Waals surface area contributed by atoms with Crippen molar-refractivity contribution in [1.82, 2.24) is 0 Å². The molecule has 9 amide bonds. The van der Waals surface area contributed by atoms with E-state index in [1.807, 2.05) is 18.2 Å². The normalized spacial score (nSPS) is 10.6. The van der Waals surface area contributed by atoms with E-state index in [1.165, 1.54) is 6.07 Å². The zero-order chi connectivity index (χ0) is 48.5. The molecule has 0 atom stereocenters. The average molecular weight is 922 g/mol. The molecule has 0 aliphatic heterocycles. The highest BCUT2D eigenvalue weighted by Crippen LogP contribution is 2.27. The molecule has 0 saturated carbocycles. The molecular formula is C50H51N9O9. The van der Waals surface area contributed by atoms with E-state index in [4.69, 9.17) is 14.2 Å². The molecule has 0 aliphatic rings. The molecule has 0 saturated heterocycles. The highest BCUT2D eigenvalue weighted by molar-refractivity contribution is 6.02. The number of urea groups is 3. The van der Waals surface area contributed by atoms with Crippen LogP contribution in [-0.2, 0) is 14.2 Å². The predicted molar refractivity (Wildman–Crippen MR) is 264 cm³/mol. The van der Waals surface area contributed by atoms with Gasteiger partial charge >= 0.3 is 36.4 Å². The third-order valence-electron chi connectivity index (χ3n) is 10.2. The van der Waals surface area contributed by atoms with Gasteiger partial charge in [-0.3, -0.25) is 16.0 Å². The van der Waals surface area contributed by atoms with E-state index in [0.29, 0.717) is 62.2 Å². The van der Waals surface area contributed by atoms with E-state index >= 15 is 0 Å². The maximum absolute atomic E-state index is 13.7. The summed E-state index contributed by atoms with van der Waals surface area (Å²) in [6.07, 6.45) is -2.87. The van der Waals surface area contributed by atoms with Crippen molar-refractivity contribution in [2.45, 2.75) is 39.7 Å². The Balaban J connectivity index is 1.14. The molecule has 350 valence electrons. The molecule has 0 spiro atoms. The molecule has 6 aromatic rings. The van der Waals surface area contributed by atoms with Crippen LogP contribution in [0, 0.1) is 20.8 Å². The molecule has 0 fully saturated rings. The van der Waals surface area contributed by atoms with Crippen LogP contribution in [0.1, 0.15) is 30.0 Å². The lowest BCUT2D eigenvalue weighted by Crippen LogP contribution is -2.46. The van der Waals surface area contributed by atoms with Crippen LogP contribution in [0.3, 0.4) is 0 Å². The fourth-order valence-corrected chi connectivity index (χ4v) is 6.34. The molecule has 6 rings (SSSR count). The summed E-state index contributed by atoms with van der Waals surface area (Å²) in [6, 6.07) is 39.8. The molecule has 9 N–H and O–H groups in total. The number of hydrogen-bond acceptors (Lipinski definition) is 9. The number of nitrogens with one attached hydrogen (secondary N) is 9. The predicted octanol–water partition coefficient (Wildman–Crippen LogP) is 11.7. The largest absolute Gasteiger partial charge is 0.445 e. The van der Waals surface area contributed by atoms with Gasteiger partial charge in [0.15, 0.2) is 5.60 Å². The van der Waals surface area contributed by atoms with E-state index in [-0.39, 0.29) is 12.1 Å². The van der Waals surface area contributed by atoms with Crippen LogP contribution >= 0.6 is 0 Å². The fourth-order valence-electron chi connectivity index (χ4n) is 6.34. The van der Waals surface area contributed by atoms with Crippen LogP contribution in [0.25, 0.3) is 0 Å². The summed E-state index contributed by atoms with van der Waals surface area (Å²) in [4.78, 5) is 78.6. The fraction of sp³-hybridized carbons (Fsp3) is 0.160. The maximum atomic E-state index is 13.7. The van der Waals surface area contributed by atoms with Crippen molar-refractivity contribution >= 4 is 87.6 Å². The molecule has 0 aliphatic carbocycles. The van der Waals surface area contributed by atoms with Crippen LogP contribution in [0.5, 0.6) is 0 Å². The number of ether oxygens (including phenoxy) is 3. The van der Waals surface area contributed by atoms with Crippen LogP contribution in [-0.4, -0.2) is 55.2 Å². The second kappa shape index (κ2) is 23.2. The van der Waals surface area contributed by atoms with Crippen LogP contribution in [0.15, 0.2) is 146 Å². The van der Waals surface area contributed by atoms with Crippen molar-refractivity contribution in [2.75, 3.05) is 61.1 Å². The maximum Gasteiger partial charge on any atom is 0.412 e. The summed E-state index contributed by atoms with van der Waals surface area (Å²) in [7, 11) is 0. The summed E-state index contributed by atoms with van der Waals surface area (Å²) < 4.78 is 17.2. The van der Waals surface area contributed by atoms with Crippen molar-refractivity contribution in [3.8, 4) is 0 Å². The topological polar surface area (TPSA) is 238 Å². The number of anilines is 9. The standard InChI is InChI=1S/C50H51N9O9/c1-5-50(68-49(65)59-43-29-40(26-23-34(43)4)56-46(62)53-37-19-13-8-14-20-37,30-66-47(63)57-41-27-38(24-21-32(41)2)54-44(60)51-35-15-9-6-10-16-35)31-67-48(64)58-42-28-39(25-22-33(42)3)55-45(61)52-36-17-11-7-12-18-36/h6-29H,5,30-31H2,1-4H3,(H,57,63)(H,58,64)(H,59,65)(H2,51,54,60)(H2,52,55,61)(H2,53,56,62). The van der Waals surface area contributed by atoms with E-state index < -0.39 is 55.2 Å². The van der Waals surface area contributed by atoms with Crippen LogP contribution < -0.4 is 47.9 Å². The molecule has 6 aromatic carbocycles. The van der Waals surface area contributed by atoms with Gasteiger partial charge in [-0.15, -0.1) is 0 Å². The number of para-hydroxylation sites is 3. The summed E-state index contributed by atoms with van der Waals surface area (Å²) in [5, 5.41) is 24.4. The van der Waals surface area contributed by atoms with Gasteiger partial charge in [0.05, 0.1) is 0 Å². The number of benzene rings is 6. The Morgan fingerprint density at radius 2 is 0.676 bits per heavy atom. The molecule has 0 unspecified atom stereocenters. The first-order valence-electron chi connectivity index (χ1n) is 21.3. The van der Waals surface area contributed by atoms with E-state index in [0.717, 1.165) is 0 Å². The monoisotopic (exact) mass is 921 g/mol. The quantitative estimate of drug-likeness (QED) is 0.0445. The lowest BCUT2D eigenvalue weighted by molar-refractivity contribution is -0.0648. The first-order chi connectivity index (χ1) is 32.7. The van der Waals surface area contributed by atoms with Gasteiger partial charge in [-0.1, -0.05) is 79.7 Å². The van der Waals surface area contributed by atoms with E-state index in [1.54, 1.807) is 149 Å². The minimum atomic E-state index is -1.75. The van der Waals surface area contributed by atoms with Gasteiger partial charge < -0.3 is 46.1 Å². The highest BCUT2D eigenvalue weighted by Gasteiger charge is 2.37. The van der Waals surface area contributed by atoms with Gasteiger partial charge in [0.2, 0.25) is 0 Å². The molecule has 18 heteroatoms. The molecular weight excluding hydrogens is 871 g/mol. The molecule has 0 radical (unpaired) electrons. The molecule has 18 nitrogen and oxygen atoms in total. The lowest BCUT2D eigenvalue weighted by atomic mass is 10.0. The van der Waals surface area contributed by atoms with Gasteiger partial charge in [0.25, 0.3) is 0 Å². The second-order valence-electron chi connectivity index (χ2n) is 15.4. The summed E-state index contributed by atoms with van der Waals surface area (Å²) in [5.41, 5.74) is 3.94. The Labute approximate surface area is 392 Å². The minimum absolute atomic E-state index is 0.00880. The number of hydrogen-bond donors (Lipinski definition) is 9. The average Bonchev–Trinajstić information content (AvgIpc) is 3.31. The van der Waals surface area contributed by atoms with Crippen molar-refractivity contribution < 1.29 is 43.0 Å². The molecule has 0 heterocycles. The zero-order valence-electron chi connectivity index (χ0n) is 37.7. The molecule has 0 bridgehead atoms.